The molecule has 0 unspecified atom stereocenters. The standard InChI is InChI=1S/C26H36N8O6/c35-25(29-13-1-11-27-21-3-7-23(8-4-21)33(37)38)19-31-15-17-32(18-16-31)20-26(36)30-14-2-12-28-22-5-9-24(10-6-22)34(39)40/h3-10,27-28H,1-2,11-20H2,(H,29,35)(H,30,36). The molecule has 2 aromatic rings. The molecule has 0 aliphatic carbocycles. The molecule has 4 N–H and O–H groups in total. The van der Waals surface area contributed by atoms with Gasteiger partial charge in [-0.3, -0.25) is 39.6 Å². The summed E-state index contributed by atoms with van der Waals surface area (Å²) in [6, 6.07) is 12.4. The summed E-state index contributed by atoms with van der Waals surface area (Å²) in [6.07, 6.45) is 1.44. The molecule has 0 saturated carbocycles. The predicted octanol–water partition coefficient (Wildman–Crippen LogP) is 1.66. The Kier molecular flexibility index (Phi) is 12.1. The van der Waals surface area contributed by atoms with Gasteiger partial charge in [-0.15, -0.1) is 0 Å². The smallest absolute Gasteiger partial charge is 0.269 e. The normalized spacial score (nSPS) is 13.8. The number of rotatable bonds is 16. The van der Waals surface area contributed by atoms with Crippen molar-refractivity contribution in [1.82, 2.24) is 20.4 Å². The molecule has 1 heterocycles. The van der Waals surface area contributed by atoms with Crippen molar-refractivity contribution in [1.29, 1.82) is 0 Å². The molecule has 0 radical (unpaired) electrons. The zero-order valence-electron chi connectivity index (χ0n) is 22.3. The van der Waals surface area contributed by atoms with E-state index in [9.17, 15) is 29.8 Å². The number of carbonyl (C=O) groups excluding carboxylic acids is 2. The van der Waals surface area contributed by atoms with E-state index in [0.717, 1.165) is 24.2 Å². The van der Waals surface area contributed by atoms with Gasteiger partial charge in [0.25, 0.3) is 11.4 Å². The number of nitrogens with zero attached hydrogens (tertiary/aromatic N) is 4. The lowest BCUT2D eigenvalue weighted by Crippen LogP contribution is -2.51. The third-order valence-corrected chi connectivity index (χ3v) is 6.37. The van der Waals surface area contributed by atoms with Crippen LogP contribution in [0.25, 0.3) is 0 Å². The zero-order chi connectivity index (χ0) is 28.7. The van der Waals surface area contributed by atoms with Crippen molar-refractivity contribution in [3.63, 3.8) is 0 Å². The maximum Gasteiger partial charge on any atom is 0.269 e. The fourth-order valence-electron chi connectivity index (χ4n) is 4.12. The van der Waals surface area contributed by atoms with E-state index in [0.29, 0.717) is 65.4 Å². The second kappa shape index (κ2) is 16.0. The van der Waals surface area contributed by atoms with E-state index < -0.39 is 9.85 Å². The first-order chi connectivity index (χ1) is 19.3. The fraction of sp³-hybridized carbons (Fsp3) is 0.462. The molecule has 40 heavy (non-hydrogen) atoms. The minimum Gasteiger partial charge on any atom is -0.385 e. The van der Waals surface area contributed by atoms with E-state index in [1.807, 2.05) is 0 Å². The molecular weight excluding hydrogens is 520 g/mol. The van der Waals surface area contributed by atoms with Crippen molar-refractivity contribution in [2.45, 2.75) is 12.8 Å². The van der Waals surface area contributed by atoms with E-state index in [4.69, 9.17) is 0 Å². The molecule has 0 atom stereocenters. The largest absolute Gasteiger partial charge is 0.385 e. The summed E-state index contributed by atoms with van der Waals surface area (Å²) in [6.45, 7) is 5.80. The van der Waals surface area contributed by atoms with Crippen LogP contribution in [0.1, 0.15) is 12.8 Å². The molecule has 0 aromatic heterocycles. The maximum atomic E-state index is 12.3. The second-order valence-electron chi connectivity index (χ2n) is 9.42. The molecule has 1 aliphatic rings. The monoisotopic (exact) mass is 556 g/mol. The SMILES string of the molecule is O=C(CN1CCN(CC(=O)NCCCNc2ccc([N+](=O)[O-])cc2)CC1)NCCCNc1ccc([N+](=O)[O-])cc1. The third kappa shape index (κ3) is 10.8. The van der Waals surface area contributed by atoms with E-state index in [-0.39, 0.29) is 23.2 Å². The van der Waals surface area contributed by atoms with Gasteiger partial charge in [-0.05, 0) is 37.1 Å². The molecule has 2 amide bonds. The summed E-state index contributed by atoms with van der Waals surface area (Å²) in [5.41, 5.74) is 1.68. The van der Waals surface area contributed by atoms with Crippen LogP contribution in [0.5, 0.6) is 0 Å². The van der Waals surface area contributed by atoms with Crippen LogP contribution in [0.4, 0.5) is 22.7 Å². The van der Waals surface area contributed by atoms with Crippen LogP contribution in [0, 0.1) is 20.2 Å². The highest BCUT2D eigenvalue weighted by Gasteiger charge is 2.20. The highest BCUT2D eigenvalue weighted by atomic mass is 16.6. The molecule has 1 aliphatic heterocycles. The van der Waals surface area contributed by atoms with Gasteiger partial charge in [-0.1, -0.05) is 0 Å². The summed E-state index contributed by atoms with van der Waals surface area (Å²) in [4.78, 5) is 49.2. The molecular formula is C26H36N8O6. The van der Waals surface area contributed by atoms with Crippen molar-refractivity contribution >= 4 is 34.6 Å². The Hall–Kier alpha value is -4.30. The Morgan fingerprint density at radius 1 is 0.625 bits per heavy atom. The van der Waals surface area contributed by atoms with Gasteiger partial charge in [-0.25, -0.2) is 0 Å². The minimum absolute atomic E-state index is 0.0381. The first-order valence-corrected chi connectivity index (χ1v) is 13.2. The molecule has 14 nitrogen and oxygen atoms in total. The first kappa shape index (κ1) is 30.2. The third-order valence-electron chi connectivity index (χ3n) is 6.37. The highest BCUT2D eigenvalue weighted by Crippen LogP contribution is 2.16. The summed E-state index contributed by atoms with van der Waals surface area (Å²) < 4.78 is 0. The van der Waals surface area contributed by atoms with Crippen LogP contribution in [0.15, 0.2) is 48.5 Å². The number of carbonyl (C=O) groups is 2. The Bertz CT molecular complexity index is 1030. The number of piperazine rings is 1. The van der Waals surface area contributed by atoms with E-state index in [1.165, 1.54) is 24.3 Å². The van der Waals surface area contributed by atoms with Crippen LogP contribution in [0.3, 0.4) is 0 Å². The van der Waals surface area contributed by atoms with Crippen molar-refractivity contribution < 1.29 is 19.4 Å². The Morgan fingerprint density at radius 3 is 1.30 bits per heavy atom. The van der Waals surface area contributed by atoms with Gasteiger partial charge in [-0.2, -0.15) is 0 Å². The van der Waals surface area contributed by atoms with Gasteiger partial charge in [0.05, 0.1) is 22.9 Å². The van der Waals surface area contributed by atoms with E-state index in [2.05, 4.69) is 31.1 Å². The summed E-state index contributed by atoms with van der Waals surface area (Å²) in [7, 11) is 0. The van der Waals surface area contributed by atoms with Gasteiger partial charge in [0, 0.05) is 88.0 Å². The number of benzene rings is 2. The van der Waals surface area contributed by atoms with Gasteiger partial charge in [0.15, 0.2) is 0 Å². The Morgan fingerprint density at radius 2 is 0.975 bits per heavy atom. The van der Waals surface area contributed by atoms with Gasteiger partial charge < -0.3 is 21.3 Å². The minimum atomic E-state index is -0.438. The molecule has 1 fully saturated rings. The number of nitro benzene ring substituents is 2. The van der Waals surface area contributed by atoms with Gasteiger partial charge in [0.1, 0.15) is 0 Å². The first-order valence-electron chi connectivity index (χ1n) is 13.2. The molecule has 3 rings (SSSR count). The average Bonchev–Trinajstić information content (AvgIpc) is 2.94. The molecule has 1 saturated heterocycles. The number of anilines is 2. The number of non-ortho nitro benzene ring substituents is 2. The Balaban J connectivity index is 1.18. The highest BCUT2D eigenvalue weighted by molar-refractivity contribution is 5.78. The number of nitro groups is 2. The van der Waals surface area contributed by atoms with Crippen molar-refractivity contribution in [3.05, 3.63) is 68.8 Å². The zero-order valence-corrected chi connectivity index (χ0v) is 22.3. The lowest BCUT2D eigenvalue weighted by molar-refractivity contribution is -0.385. The van der Waals surface area contributed by atoms with Crippen LogP contribution in [-0.4, -0.2) is 96.9 Å². The number of hydrogen-bond donors (Lipinski definition) is 4. The Labute approximate surface area is 232 Å². The van der Waals surface area contributed by atoms with Crippen LogP contribution in [-0.2, 0) is 9.59 Å². The van der Waals surface area contributed by atoms with Crippen molar-refractivity contribution in [2.24, 2.45) is 0 Å². The van der Waals surface area contributed by atoms with E-state index >= 15 is 0 Å². The maximum absolute atomic E-state index is 12.3. The van der Waals surface area contributed by atoms with E-state index in [1.54, 1.807) is 24.3 Å². The summed E-state index contributed by atoms with van der Waals surface area (Å²) in [5.74, 6) is -0.0762. The van der Waals surface area contributed by atoms with Crippen molar-refractivity contribution in [3.8, 4) is 0 Å². The topological polar surface area (TPSA) is 175 Å². The van der Waals surface area contributed by atoms with Gasteiger partial charge in [0.2, 0.25) is 11.8 Å². The van der Waals surface area contributed by atoms with Crippen LogP contribution >= 0.6 is 0 Å². The lowest BCUT2D eigenvalue weighted by atomic mass is 10.2. The number of amides is 2. The number of nitrogens with one attached hydrogen (secondary N) is 4. The average molecular weight is 557 g/mol. The van der Waals surface area contributed by atoms with Crippen LogP contribution < -0.4 is 21.3 Å². The van der Waals surface area contributed by atoms with Crippen LogP contribution in [0.2, 0.25) is 0 Å². The summed E-state index contributed by atoms with van der Waals surface area (Å²) >= 11 is 0. The molecule has 0 spiro atoms. The quantitative estimate of drug-likeness (QED) is 0.135. The number of hydrogen-bond acceptors (Lipinski definition) is 10. The molecule has 2 aromatic carbocycles. The molecule has 14 heteroatoms. The van der Waals surface area contributed by atoms with Crippen molar-refractivity contribution in [2.75, 3.05) is 76.1 Å². The predicted molar refractivity (Wildman–Crippen MR) is 151 cm³/mol. The second-order valence-corrected chi connectivity index (χ2v) is 9.42. The van der Waals surface area contributed by atoms with Gasteiger partial charge >= 0.3 is 0 Å². The lowest BCUT2D eigenvalue weighted by Gasteiger charge is -2.33. The molecule has 0 bridgehead atoms. The fourth-order valence-corrected chi connectivity index (χ4v) is 4.12. The molecule has 216 valence electrons. The summed E-state index contributed by atoms with van der Waals surface area (Å²) in [5, 5.41) is 33.6.